The summed E-state index contributed by atoms with van der Waals surface area (Å²) in [4.78, 5) is 2.13. The molecule has 0 fully saturated rings. The van der Waals surface area contributed by atoms with Crippen molar-refractivity contribution in [3.8, 4) is 0 Å². The summed E-state index contributed by atoms with van der Waals surface area (Å²) in [6.45, 7) is 8.32. The molecule has 0 heterocycles. The van der Waals surface area contributed by atoms with Gasteiger partial charge in [0.25, 0.3) is 0 Å². The van der Waals surface area contributed by atoms with Crippen LogP contribution in [0.15, 0.2) is 0 Å². The molecule has 0 aromatic heterocycles. The second-order valence-electron chi connectivity index (χ2n) is 2.74. The minimum atomic E-state index is 0.876. The molecule has 0 unspecified atom stereocenters. The average Bonchev–Trinajstić information content (AvgIpc) is 1.92. The molecule has 0 amide bonds. The van der Waals surface area contributed by atoms with E-state index in [0.29, 0.717) is 0 Å². The Morgan fingerprint density at radius 3 is 2.00 bits per heavy atom. The van der Waals surface area contributed by atoms with Crippen LogP contribution in [0.25, 0.3) is 0 Å². The molecule has 0 spiro atoms. The first-order valence-corrected chi connectivity index (χ1v) is 7.44. The second kappa shape index (κ2) is 12.5. The Bertz CT molecular complexity index is 42.0. The summed E-state index contributed by atoms with van der Waals surface area (Å²) in [6.07, 6.45) is 5.14. The monoisotopic (exact) mass is 249 g/mol. The minimum absolute atomic E-state index is 0.876. The van der Waals surface area contributed by atoms with Crippen molar-refractivity contribution in [3.63, 3.8) is 0 Å². The predicted octanol–water partition coefficient (Wildman–Crippen LogP) is 2.97. The Morgan fingerprint density at radius 1 is 1.20 bits per heavy atom. The molecule has 0 aromatic rings. The van der Waals surface area contributed by atoms with E-state index < -0.39 is 0 Å². The van der Waals surface area contributed by atoms with E-state index in [9.17, 15) is 0 Å². The third-order valence-corrected chi connectivity index (χ3v) is 1.28. The van der Waals surface area contributed by atoms with Crippen molar-refractivity contribution < 1.29 is 0 Å². The topological polar surface area (TPSA) is 0 Å². The second-order valence-corrected chi connectivity index (χ2v) is 2.74. The first-order valence-electron chi connectivity index (χ1n) is 4.14. The summed E-state index contributed by atoms with van der Waals surface area (Å²) in [7, 11) is 0. The van der Waals surface area contributed by atoms with Gasteiger partial charge in [-0.1, -0.05) is 46.5 Å². The molecule has 0 saturated heterocycles. The van der Waals surface area contributed by atoms with Crippen LogP contribution in [0.3, 0.4) is 0 Å². The maximum absolute atomic E-state index is 3.78. The van der Waals surface area contributed by atoms with Crippen LogP contribution < -0.4 is 0 Å². The van der Waals surface area contributed by atoms with Crippen molar-refractivity contribution in [1.82, 2.24) is 0 Å². The van der Waals surface area contributed by atoms with Crippen LogP contribution in [0.1, 0.15) is 39.5 Å². The molecule has 3 radical (unpaired) electrons. The summed E-state index contributed by atoms with van der Waals surface area (Å²) in [5.41, 5.74) is 0. The SMILES string of the molecule is [CH2]CCCCC(C)C.[CH3][SnH]. The molecule has 0 aromatic carbocycles. The number of hydrogen-bond acceptors (Lipinski definition) is 0. The molecule has 0 N–H and O–H groups in total. The van der Waals surface area contributed by atoms with Crippen molar-refractivity contribution in [1.29, 1.82) is 0 Å². The maximum atomic E-state index is 3.78. The van der Waals surface area contributed by atoms with E-state index >= 15 is 0 Å². The van der Waals surface area contributed by atoms with Crippen LogP contribution in [0.2, 0.25) is 4.94 Å². The quantitative estimate of drug-likeness (QED) is 0.530. The van der Waals surface area contributed by atoms with E-state index in [-0.39, 0.29) is 0 Å². The fraction of sp³-hybridized carbons (Fsp3) is 0.889. The molecule has 0 aliphatic rings. The van der Waals surface area contributed by atoms with Gasteiger partial charge in [0.2, 0.25) is 0 Å². The van der Waals surface area contributed by atoms with Crippen molar-refractivity contribution in [2.24, 2.45) is 5.92 Å². The van der Waals surface area contributed by atoms with Gasteiger partial charge in [-0.2, -0.15) is 0 Å². The fourth-order valence-electron chi connectivity index (χ4n) is 0.729. The molecule has 1 heteroatoms. The number of unbranched alkanes of at least 4 members (excludes halogenated alkanes) is 2. The van der Waals surface area contributed by atoms with Crippen LogP contribution in [-0.2, 0) is 0 Å². The van der Waals surface area contributed by atoms with E-state index in [1.165, 1.54) is 41.8 Å². The summed E-state index contributed by atoms with van der Waals surface area (Å²) in [6, 6.07) is 0. The van der Waals surface area contributed by atoms with Gasteiger partial charge in [0.1, 0.15) is 0 Å². The molecule has 0 saturated carbocycles. The van der Waals surface area contributed by atoms with Gasteiger partial charge in [-0.25, -0.2) is 0 Å². The van der Waals surface area contributed by atoms with Crippen LogP contribution >= 0.6 is 0 Å². The molecule has 0 aliphatic carbocycles. The van der Waals surface area contributed by atoms with Crippen molar-refractivity contribution >= 4 is 22.5 Å². The predicted molar refractivity (Wildman–Crippen MR) is 51.7 cm³/mol. The normalized spacial score (nSPS) is 9.00. The first-order chi connectivity index (χ1) is 4.77. The van der Waals surface area contributed by atoms with Crippen LogP contribution in [0.4, 0.5) is 0 Å². The zero-order valence-corrected chi connectivity index (χ0v) is 11.0. The van der Waals surface area contributed by atoms with Gasteiger partial charge in [0, 0.05) is 0 Å². The fourth-order valence-corrected chi connectivity index (χ4v) is 0.729. The molecule has 0 rings (SSSR count). The summed E-state index contributed by atoms with van der Waals surface area (Å²) in [5.74, 6) is 0.876. The Kier molecular flexibility index (Phi) is 16.7. The van der Waals surface area contributed by atoms with Gasteiger partial charge >= 0.3 is 27.5 Å². The number of hydrogen-bond donors (Lipinski definition) is 0. The van der Waals surface area contributed by atoms with Crippen LogP contribution in [-0.4, -0.2) is 22.5 Å². The Morgan fingerprint density at radius 2 is 1.70 bits per heavy atom. The zero-order chi connectivity index (χ0) is 8.41. The van der Waals surface area contributed by atoms with Gasteiger partial charge in [0.15, 0.2) is 0 Å². The van der Waals surface area contributed by atoms with Gasteiger partial charge in [-0.15, -0.1) is 0 Å². The summed E-state index contributed by atoms with van der Waals surface area (Å²) < 4.78 is 0. The Hall–Kier alpha value is 0.799. The summed E-state index contributed by atoms with van der Waals surface area (Å²) in [5, 5.41) is 0. The van der Waals surface area contributed by atoms with Crippen molar-refractivity contribution in [2.45, 2.75) is 44.5 Å². The summed E-state index contributed by atoms with van der Waals surface area (Å²) >= 11 is 1.35. The van der Waals surface area contributed by atoms with Gasteiger partial charge < -0.3 is 0 Å². The van der Waals surface area contributed by atoms with Crippen LogP contribution in [0.5, 0.6) is 0 Å². The Balaban J connectivity index is 0. The average molecular weight is 248 g/mol. The molecule has 61 valence electrons. The van der Waals surface area contributed by atoms with Crippen LogP contribution in [0, 0.1) is 12.8 Å². The van der Waals surface area contributed by atoms with E-state index in [2.05, 4.69) is 25.7 Å². The molecular weight excluding hydrogens is 227 g/mol. The zero-order valence-electron chi connectivity index (χ0n) is 7.69. The van der Waals surface area contributed by atoms with Gasteiger partial charge in [0.05, 0.1) is 0 Å². The molecule has 0 aliphatic heterocycles. The van der Waals surface area contributed by atoms with E-state index in [1.54, 1.807) is 0 Å². The molecule has 10 heavy (non-hydrogen) atoms. The molecular formula is C9H21Sn. The van der Waals surface area contributed by atoms with Crippen molar-refractivity contribution in [3.05, 3.63) is 6.92 Å². The van der Waals surface area contributed by atoms with Crippen molar-refractivity contribution in [2.75, 3.05) is 0 Å². The third-order valence-electron chi connectivity index (χ3n) is 1.28. The number of rotatable bonds is 4. The Labute approximate surface area is 79.9 Å². The van der Waals surface area contributed by atoms with Gasteiger partial charge in [-0.3, -0.25) is 0 Å². The standard InChI is InChI=1S/C8H17.CH3.Sn.H/c1-4-5-6-7-8(2)3;;;/h8H,1,4-7H2,2-3H3;1H3;;. The van der Waals surface area contributed by atoms with E-state index in [0.717, 1.165) is 12.3 Å². The van der Waals surface area contributed by atoms with E-state index in [4.69, 9.17) is 0 Å². The van der Waals surface area contributed by atoms with Gasteiger partial charge in [-0.05, 0) is 5.92 Å². The molecule has 0 atom stereocenters. The van der Waals surface area contributed by atoms with E-state index in [1.807, 2.05) is 0 Å². The molecule has 0 nitrogen and oxygen atoms in total. The molecule has 0 bridgehead atoms. The third kappa shape index (κ3) is 15.9. The first kappa shape index (κ1) is 13.4.